The number of aliphatic hydroxyl groups is 7. The molecule has 404 valence electrons. The van der Waals surface area contributed by atoms with E-state index in [1.54, 1.807) is 41.5 Å². The van der Waals surface area contributed by atoms with Gasteiger partial charge in [-0.2, -0.15) is 4.98 Å². The van der Waals surface area contributed by atoms with Crippen LogP contribution in [0.1, 0.15) is 94.9 Å². The van der Waals surface area contributed by atoms with E-state index in [-0.39, 0.29) is 74.4 Å². The Morgan fingerprint density at radius 2 is 1.63 bits per heavy atom. The number of fused-ring (bicyclic) bond motifs is 1. The number of H-pyrrole nitrogens is 1. The van der Waals surface area contributed by atoms with Crippen LogP contribution >= 0.6 is 0 Å². The number of esters is 1. The van der Waals surface area contributed by atoms with Crippen molar-refractivity contribution in [3.05, 3.63) is 16.7 Å². The summed E-state index contributed by atoms with van der Waals surface area (Å²) in [4.78, 5) is 39.7. The number of aromatic amines is 1. The average Bonchev–Trinajstić information content (AvgIpc) is 3.70. The van der Waals surface area contributed by atoms with Gasteiger partial charge in [-0.05, 0) is 94.8 Å². The minimum atomic E-state index is -1.80. The number of imidazole rings is 1. The van der Waals surface area contributed by atoms with Crippen LogP contribution in [0.3, 0.4) is 0 Å². The Bertz CT molecular complexity index is 2000. The third-order valence-corrected chi connectivity index (χ3v) is 14.6. The van der Waals surface area contributed by atoms with E-state index in [9.17, 15) is 35.1 Å². The first-order valence-corrected chi connectivity index (χ1v) is 24.3. The molecule has 10 N–H and O–H groups in total. The van der Waals surface area contributed by atoms with Crippen molar-refractivity contribution in [1.29, 1.82) is 0 Å². The Labute approximate surface area is 411 Å². The van der Waals surface area contributed by atoms with Crippen LogP contribution in [0.15, 0.2) is 11.1 Å². The average molecular weight is 1000 g/mol. The third kappa shape index (κ3) is 14.0. The first-order chi connectivity index (χ1) is 32.6. The van der Waals surface area contributed by atoms with Crippen LogP contribution in [0.4, 0.5) is 5.95 Å². The van der Waals surface area contributed by atoms with Crippen molar-refractivity contribution in [2.45, 2.75) is 198 Å². The topological polar surface area (TPSA) is 319 Å². The molecule has 3 saturated heterocycles. The van der Waals surface area contributed by atoms with Crippen molar-refractivity contribution in [3.63, 3.8) is 0 Å². The number of hydrogen-bond acceptors (Lipinski definition) is 21. The molecule has 0 radical (unpaired) electrons. The van der Waals surface area contributed by atoms with Gasteiger partial charge in [0.2, 0.25) is 5.95 Å². The fourth-order valence-corrected chi connectivity index (χ4v) is 10.2. The molecule has 3 aliphatic rings. The molecule has 0 bridgehead atoms. The maximum atomic E-state index is 14.2. The number of aliphatic hydroxyl groups excluding tert-OH is 5. The van der Waals surface area contributed by atoms with Crippen molar-refractivity contribution >= 4 is 23.1 Å². The van der Waals surface area contributed by atoms with Gasteiger partial charge in [0.15, 0.2) is 23.7 Å². The number of cyclic esters (lactones) is 1. The van der Waals surface area contributed by atoms with E-state index in [2.05, 4.69) is 15.0 Å². The Hall–Kier alpha value is -2.98. The lowest BCUT2D eigenvalue weighted by atomic mass is 9.77. The van der Waals surface area contributed by atoms with E-state index >= 15 is 0 Å². The number of methoxy groups -OCH3 is 1. The number of carbonyl (C=O) groups excluding carboxylic acids is 1. The number of aromatic nitrogens is 4. The Balaban J connectivity index is 0.000000491. The fraction of sp³-hybridized carbons (Fsp3) is 0.872. The molecule has 5 heterocycles. The maximum Gasteiger partial charge on any atom is 0.311 e. The highest BCUT2D eigenvalue weighted by Gasteiger charge is 2.52. The molecule has 0 unspecified atom stereocenters. The molecule has 0 saturated carbocycles. The van der Waals surface area contributed by atoms with Crippen molar-refractivity contribution in [2.24, 2.45) is 17.8 Å². The summed E-state index contributed by atoms with van der Waals surface area (Å²) in [5.74, 6) is -2.60. The van der Waals surface area contributed by atoms with E-state index in [1.807, 2.05) is 51.7 Å². The number of hydrogen-bond donors (Lipinski definition) is 9. The second kappa shape index (κ2) is 24.8. The van der Waals surface area contributed by atoms with Crippen molar-refractivity contribution in [3.8, 4) is 0 Å². The third-order valence-electron chi connectivity index (χ3n) is 14.6. The zero-order valence-electron chi connectivity index (χ0n) is 43.6. The molecule has 0 spiro atoms. The highest BCUT2D eigenvalue weighted by Crippen LogP contribution is 2.40. The van der Waals surface area contributed by atoms with Gasteiger partial charge in [-0.1, -0.05) is 20.8 Å². The summed E-state index contributed by atoms with van der Waals surface area (Å²) < 4.78 is 44.2. The minimum Gasteiger partial charge on any atom is -0.459 e. The number of rotatable bonds is 12. The van der Waals surface area contributed by atoms with Crippen LogP contribution < -0.4 is 11.3 Å². The number of ether oxygens (including phenoxy) is 7. The van der Waals surface area contributed by atoms with E-state index in [0.29, 0.717) is 13.0 Å². The molecule has 0 aliphatic carbocycles. The zero-order chi connectivity index (χ0) is 52.8. The lowest BCUT2D eigenvalue weighted by molar-refractivity contribution is -0.318. The van der Waals surface area contributed by atoms with Gasteiger partial charge in [0.05, 0.1) is 61.1 Å². The Morgan fingerprint density at radius 3 is 2.21 bits per heavy atom. The largest absolute Gasteiger partial charge is 0.459 e. The van der Waals surface area contributed by atoms with Gasteiger partial charge < -0.3 is 84.4 Å². The number of nitrogen functional groups attached to an aromatic ring is 1. The van der Waals surface area contributed by atoms with E-state index < -0.39 is 108 Å². The van der Waals surface area contributed by atoms with Crippen molar-refractivity contribution < 1.29 is 73.7 Å². The molecule has 23 heteroatoms. The summed E-state index contributed by atoms with van der Waals surface area (Å²) in [5, 5.41) is 75.8. The number of nitrogens with zero attached hydrogens (tertiary/aromatic N) is 5. The van der Waals surface area contributed by atoms with E-state index in [1.165, 1.54) is 24.9 Å². The molecular weight excluding hydrogens is 919 g/mol. The lowest BCUT2D eigenvalue weighted by Crippen LogP contribution is -2.60. The molecule has 3 aliphatic heterocycles. The zero-order valence-corrected chi connectivity index (χ0v) is 43.6. The van der Waals surface area contributed by atoms with Gasteiger partial charge in [0.1, 0.15) is 42.9 Å². The molecule has 5 rings (SSSR count). The first kappa shape index (κ1) is 59.6. The van der Waals surface area contributed by atoms with Gasteiger partial charge in [0, 0.05) is 38.1 Å². The van der Waals surface area contributed by atoms with Crippen LogP contribution in [0.5, 0.6) is 0 Å². The predicted octanol–water partition coefficient (Wildman–Crippen LogP) is -0.0702. The summed E-state index contributed by atoms with van der Waals surface area (Å²) >= 11 is 0. The highest BCUT2D eigenvalue weighted by molar-refractivity contribution is 5.73. The quantitative estimate of drug-likeness (QED) is 0.126. The lowest BCUT2D eigenvalue weighted by Gasteiger charge is -2.48. The van der Waals surface area contributed by atoms with E-state index in [4.69, 9.17) is 49.1 Å². The van der Waals surface area contributed by atoms with Crippen LogP contribution in [0.25, 0.3) is 11.2 Å². The Kier molecular flexibility index (Phi) is 21.1. The predicted molar refractivity (Wildman–Crippen MR) is 256 cm³/mol. The summed E-state index contributed by atoms with van der Waals surface area (Å²) in [6.45, 7) is 17.4. The van der Waals surface area contributed by atoms with Crippen molar-refractivity contribution in [1.82, 2.24) is 29.3 Å². The standard InChI is InChI=1S/C38H72N2O12.C9H13N5O4/c1-15-27-38(10,46)31(42)24(6)40(13)19-20(2)17-36(8,45)33(52-35-29(41)26(39(11)12)16-21(3)48-35)22(4)30(23(5)34(44)50-27)51-28-18-37(9,47-14)32(43)25(7)49-28;10-9-12-7-6(8(17)13-9)11-3-14(7)4-18-5(1-15)2-16/h20-33,35,41-43,45-46H,15-19H2,1-14H3;3,5,15-16H,1-2,4H2,(H3,10,12,13,17)/t20-,21-,22+,23-,24-,25+,26+,27-,28+,29-,30+,31-,32+,33-,35+,36-,37-,38-;/m1./s1. The SMILES string of the molecule is CC[C@H]1OC(=O)[C@H](C)[C@@H](O[C@H]2C[C@@](C)(OC)[C@@H](O)[C@H](C)O2)[C@H](C)[C@@H](O[C@@H]2O[C@H](C)C[C@H](N(C)C)[C@H]2O)[C@](C)(O)C[C@@H](C)CN(C)[C@H](C)[C@@H](O)[C@]1(C)O.Nc1nc2c(ncn2COC(CO)CO)c(=O)[nH]1. The molecule has 18 atom stereocenters. The minimum absolute atomic E-state index is 0.00181. The highest BCUT2D eigenvalue weighted by atomic mass is 16.7. The van der Waals surface area contributed by atoms with Gasteiger partial charge in [-0.3, -0.25) is 19.1 Å². The molecule has 0 amide bonds. The summed E-state index contributed by atoms with van der Waals surface area (Å²) in [5.41, 5.74) is 1.06. The summed E-state index contributed by atoms with van der Waals surface area (Å²) in [6, 6.07) is -0.808. The maximum absolute atomic E-state index is 14.2. The summed E-state index contributed by atoms with van der Waals surface area (Å²) in [6.07, 6.45) is -7.51. The monoisotopic (exact) mass is 1000 g/mol. The van der Waals surface area contributed by atoms with Crippen LogP contribution in [0.2, 0.25) is 0 Å². The molecule has 2 aromatic rings. The fourth-order valence-electron chi connectivity index (χ4n) is 10.2. The molecule has 23 nitrogen and oxygen atoms in total. The Morgan fingerprint density at radius 1 is 0.986 bits per heavy atom. The number of nitrogens with one attached hydrogen (secondary N) is 1. The van der Waals surface area contributed by atoms with Crippen LogP contribution in [-0.4, -0.2) is 215 Å². The first-order valence-electron chi connectivity index (χ1n) is 24.3. The number of likely N-dealkylation sites (N-methyl/N-ethyl adjacent to an activating group) is 2. The second-order valence-corrected chi connectivity index (χ2v) is 20.8. The number of carbonyl (C=O) groups is 1. The second-order valence-electron chi connectivity index (χ2n) is 20.8. The van der Waals surface area contributed by atoms with E-state index in [0.717, 1.165) is 0 Å². The van der Waals surface area contributed by atoms with Crippen LogP contribution in [-0.2, 0) is 44.7 Å². The molecule has 3 fully saturated rings. The number of anilines is 1. The molecule has 70 heavy (non-hydrogen) atoms. The van der Waals surface area contributed by atoms with Gasteiger partial charge in [-0.15, -0.1) is 0 Å². The number of nitrogens with two attached hydrogens (primary N) is 1. The summed E-state index contributed by atoms with van der Waals surface area (Å²) in [7, 11) is 7.12. The normalized spacial score (nSPS) is 39.8. The molecule has 0 aromatic carbocycles. The van der Waals surface area contributed by atoms with Crippen molar-refractivity contribution in [2.75, 3.05) is 53.7 Å². The smallest absolute Gasteiger partial charge is 0.311 e. The van der Waals surface area contributed by atoms with Gasteiger partial charge >= 0.3 is 5.97 Å². The van der Waals surface area contributed by atoms with Gasteiger partial charge in [-0.25, -0.2) is 4.98 Å². The van der Waals surface area contributed by atoms with Gasteiger partial charge in [0.25, 0.3) is 5.56 Å². The van der Waals surface area contributed by atoms with Crippen LogP contribution in [0, 0.1) is 17.8 Å². The molecule has 2 aromatic heterocycles. The molecular formula is C47H85N7O16.